The second-order valence-electron chi connectivity index (χ2n) is 4.01. The van der Waals surface area contributed by atoms with Gasteiger partial charge in [-0.15, -0.1) is 0 Å². The minimum Gasteiger partial charge on any atom is -0.362 e. The first kappa shape index (κ1) is 13.5. The first-order chi connectivity index (χ1) is 9.24. The van der Waals surface area contributed by atoms with Crippen LogP contribution in [0.4, 0.5) is 10.1 Å². The van der Waals surface area contributed by atoms with Gasteiger partial charge < -0.3 is 10.6 Å². The van der Waals surface area contributed by atoms with Crippen molar-refractivity contribution in [3.05, 3.63) is 48.5 Å². The molecule has 1 heterocycles. The van der Waals surface area contributed by atoms with E-state index in [4.69, 9.17) is 12.2 Å². The zero-order valence-corrected chi connectivity index (χ0v) is 11.2. The van der Waals surface area contributed by atoms with Gasteiger partial charge in [-0.2, -0.15) is 5.10 Å². The number of halogens is 1. The van der Waals surface area contributed by atoms with Crippen molar-refractivity contribution in [1.29, 1.82) is 0 Å². The lowest BCUT2D eigenvalue weighted by Crippen LogP contribution is -2.29. The van der Waals surface area contributed by atoms with E-state index in [-0.39, 0.29) is 5.82 Å². The summed E-state index contributed by atoms with van der Waals surface area (Å²) in [6.07, 6.45) is 4.58. The predicted octanol–water partition coefficient (Wildman–Crippen LogP) is 2.40. The average molecular weight is 278 g/mol. The molecule has 0 spiro atoms. The van der Waals surface area contributed by atoms with Crippen LogP contribution in [0.5, 0.6) is 0 Å². The highest BCUT2D eigenvalue weighted by Gasteiger charge is 1.98. The molecule has 0 fully saturated rings. The van der Waals surface area contributed by atoms with Crippen LogP contribution < -0.4 is 10.6 Å². The van der Waals surface area contributed by atoms with E-state index in [0.29, 0.717) is 10.8 Å². The van der Waals surface area contributed by atoms with Crippen LogP contribution in [-0.2, 0) is 6.54 Å². The van der Waals surface area contributed by atoms with Crippen molar-refractivity contribution in [2.45, 2.75) is 13.0 Å². The van der Waals surface area contributed by atoms with E-state index in [1.807, 2.05) is 16.9 Å². The fourth-order valence-electron chi connectivity index (χ4n) is 1.62. The third-order valence-electron chi connectivity index (χ3n) is 2.49. The Hall–Kier alpha value is -1.95. The Bertz CT molecular complexity index is 527. The number of benzene rings is 1. The van der Waals surface area contributed by atoms with Gasteiger partial charge in [-0.25, -0.2) is 4.39 Å². The zero-order chi connectivity index (χ0) is 13.5. The van der Waals surface area contributed by atoms with Crippen LogP contribution in [0.3, 0.4) is 0 Å². The second-order valence-corrected chi connectivity index (χ2v) is 4.42. The van der Waals surface area contributed by atoms with E-state index in [9.17, 15) is 4.39 Å². The summed E-state index contributed by atoms with van der Waals surface area (Å²) in [6.45, 7) is 1.57. The van der Waals surface area contributed by atoms with E-state index >= 15 is 0 Å². The molecule has 2 rings (SSSR count). The molecule has 0 amide bonds. The molecular weight excluding hydrogens is 263 g/mol. The standard InChI is InChI=1S/C13H15FN4S/c14-11-4-1-5-12(10-11)17-13(19)15-6-2-8-18-9-3-7-16-18/h1,3-5,7,9-10H,2,6,8H2,(H2,15,17,19). The van der Waals surface area contributed by atoms with Crippen molar-refractivity contribution in [3.8, 4) is 0 Å². The predicted molar refractivity (Wildman–Crippen MR) is 77.5 cm³/mol. The molecule has 0 saturated carbocycles. The van der Waals surface area contributed by atoms with E-state index in [0.717, 1.165) is 19.5 Å². The van der Waals surface area contributed by atoms with E-state index in [2.05, 4.69) is 15.7 Å². The maximum atomic E-state index is 13.0. The molecular formula is C13H15FN4S. The average Bonchev–Trinajstić information content (AvgIpc) is 2.88. The summed E-state index contributed by atoms with van der Waals surface area (Å²) in [5, 5.41) is 10.6. The smallest absolute Gasteiger partial charge is 0.170 e. The largest absolute Gasteiger partial charge is 0.362 e. The number of aryl methyl sites for hydroxylation is 1. The van der Waals surface area contributed by atoms with Crippen molar-refractivity contribution >= 4 is 23.0 Å². The zero-order valence-electron chi connectivity index (χ0n) is 10.3. The fraction of sp³-hybridized carbons (Fsp3) is 0.231. The number of rotatable bonds is 5. The summed E-state index contributed by atoms with van der Waals surface area (Å²) >= 11 is 5.13. The minimum atomic E-state index is -0.286. The Morgan fingerprint density at radius 3 is 3.00 bits per heavy atom. The third-order valence-corrected chi connectivity index (χ3v) is 2.74. The third kappa shape index (κ3) is 4.67. The lowest BCUT2D eigenvalue weighted by molar-refractivity contribution is 0.574. The number of hydrogen-bond acceptors (Lipinski definition) is 2. The summed E-state index contributed by atoms with van der Waals surface area (Å²) in [5.74, 6) is -0.286. The number of thiocarbonyl (C=S) groups is 1. The minimum absolute atomic E-state index is 0.286. The van der Waals surface area contributed by atoms with Crippen LogP contribution in [-0.4, -0.2) is 21.4 Å². The van der Waals surface area contributed by atoms with Gasteiger partial charge in [-0.05, 0) is 42.9 Å². The molecule has 6 heteroatoms. The SMILES string of the molecule is Fc1cccc(NC(=S)NCCCn2cccn2)c1. The molecule has 1 aromatic carbocycles. The molecule has 0 aliphatic rings. The Morgan fingerprint density at radius 1 is 1.37 bits per heavy atom. The molecule has 0 bridgehead atoms. The number of anilines is 1. The molecule has 4 nitrogen and oxygen atoms in total. The van der Waals surface area contributed by atoms with Gasteiger partial charge in [0.15, 0.2) is 5.11 Å². The second kappa shape index (κ2) is 6.84. The maximum absolute atomic E-state index is 13.0. The first-order valence-electron chi connectivity index (χ1n) is 6.02. The van der Waals surface area contributed by atoms with Crippen molar-refractivity contribution in [2.75, 3.05) is 11.9 Å². The monoisotopic (exact) mass is 278 g/mol. The van der Waals surface area contributed by atoms with Gasteiger partial charge >= 0.3 is 0 Å². The number of nitrogens with one attached hydrogen (secondary N) is 2. The van der Waals surface area contributed by atoms with Gasteiger partial charge in [-0.3, -0.25) is 4.68 Å². The normalized spacial score (nSPS) is 10.2. The number of hydrogen-bond donors (Lipinski definition) is 2. The molecule has 19 heavy (non-hydrogen) atoms. The molecule has 2 aromatic rings. The van der Waals surface area contributed by atoms with Crippen LogP contribution in [0, 0.1) is 5.82 Å². The van der Waals surface area contributed by atoms with Gasteiger partial charge in [0, 0.05) is 31.2 Å². The van der Waals surface area contributed by atoms with Crippen molar-refractivity contribution in [1.82, 2.24) is 15.1 Å². The van der Waals surface area contributed by atoms with Gasteiger partial charge in [0.05, 0.1) is 0 Å². The molecule has 0 aliphatic carbocycles. The maximum Gasteiger partial charge on any atom is 0.170 e. The number of aromatic nitrogens is 2. The quantitative estimate of drug-likeness (QED) is 0.651. The Morgan fingerprint density at radius 2 is 2.26 bits per heavy atom. The van der Waals surface area contributed by atoms with Crippen LogP contribution in [0.1, 0.15) is 6.42 Å². The fourth-order valence-corrected chi connectivity index (χ4v) is 1.84. The highest BCUT2D eigenvalue weighted by atomic mass is 32.1. The molecule has 0 aliphatic heterocycles. The van der Waals surface area contributed by atoms with Gasteiger partial charge in [0.2, 0.25) is 0 Å². The summed E-state index contributed by atoms with van der Waals surface area (Å²) < 4.78 is 14.8. The molecule has 100 valence electrons. The Kier molecular flexibility index (Phi) is 4.85. The highest BCUT2D eigenvalue weighted by Crippen LogP contribution is 2.08. The van der Waals surface area contributed by atoms with E-state index in [1.165, 1.54) is 12.1 Å². The molecule has 0 radical (unpaired) electrons. The van der Waals surface area contributed by atoms with Crippen molar-refractivity contribution < 1.29 is 4.39 Å². The van der Waals surface area contributed by atoms with Gasteiger partial charge in [0.1, 0.15) is 5.82 Å². The van der Waals surface area contributed by atoms with Crippen LogP contribution >= 0.6 is 12.2 Å². The van der Waals surface area contributed by atoms with Gasteiger partial charge in [0.25, 0.3) is 0 Å². The van der Waals surface area contributed by atoms with Crippen molar-refractivity contribution in [3.63, 3.8) is 0 Å². The van der Waals surface area contributed by atoms with Crippen LogP contribution in [0.2, 0.25) is 0 Å². The van der Waals surface area contributed by atoms with E-state index in [1.54, 1.807) is 18.3 Å². The summed E-state index contributed by atoms with van der Waals surface area (Å²) in [4.78, 5) is 0. The Balaban J connectivity index is 1.67. The summed E-state index contributed by atoms with van der Waals surface area (Å²) in [6, 6.07) is 8.09. The molecule has 2 N–H and O–H groups in total. The lowest BCUT2D eigenvalue weighted by Gasteiger charge is -2.10. The topological polar surface area (TPSA) is 41.9 Å². The molecule has 1 aromatic heterocycles. The molecule has 0 saturated heterocycles. The van der Waals surface area contributed by atoms with Crippen LogP contribution in [0.25, 0.3) is 0 Å². The summed E-state index contributed by atoms with van der Waals surface area (Å²) in [7, 11) is 0. The molecule has 0 unspecified atom stereocenters. The lowest BCUT2D eigenvalue weighted by atomic mass is 10.3. The van der Waals surface area contributed by atoms with Crippen LogP contribution in [0.15, 0.2) is 42.7 Å². The molecule has 0 atom stereocenters. The van der Waals surface area contributed by atoms with Gasteiger partial charge in [-0.1, -0.05) is 6.07 Å². The van der Waals surface area contributed by atoms with Crippen molar-refractivity contribution in [2.24, 2.45) is 0 Å². The van der Waals surface area contributed by atoms with E-state index < -0.39 is 0 Å². The summed E-state index contributed by atoms with van der Waals surface area (Å²) in [5.41, 5.74) is 0.643. The highest BCUT2D eigenvalue weighted by molar-refractivity contribution is 7.80. The number of nitrogens with zero attached hydrogens (tertiary/aromatic N) is 2. The first-order valence-corrected chi connectivity index (χ1v) is 6.43. The Labute approximate surface area is 116 Å².